The van der Waals surface area contributed by atoms with Crippen LogP contribution in [-0.4, -0.2) is 32.4 Å². The van der Waals surface area contributed by atoms with E-state index < -0.39 is 26.6 Å². The summed E-state index contributed by atoms with van der Waals surface area (Å²) in [7, 11) is -2.45. The lowest BCUT2D eigenvalue weighted by Gasteiger charge is -2.26. The lowest BCUT2D eigenvalue weighted by atomic mass is 10.2. The molecule has 0 fully saturated rings. The van der Waals surface area contributed by atoms with Crippen LogP contribution in [0.5, 0.6) is 0 Å². The molecule has 0 heterocycles. The second-order valence-electron chi connectivity index (χ2n) is 5.08. The molecule has 0 saturated carbocycles. The fourth-order valence-corrected chi connectivity index (χ4v) is 3.94. The molecule has 0 bridgehead atoms. The van der Waals surface area contributed by atoms with Crippen molar-refractivity contribution in [3.05, 3.63) is 29.3 Å². The molecular weight excluding hydrogens is 298 g/mol. The highest BCUT2D eigenvalue weighted by Gasteiger charge is 2.30. The van der Waals surface area contributed by atoms with Crippen molar-refractivity contribution < 1.29 is 17.2 Å². The Bertz CT molecular complexity index is 589. The number of hydrogen-bond acceptors (Lipinski definition) is 3. The number of nitrogens with one attached hydrogen (secondary N) is 1. The van der Waals surface area contributed by atoms with Crippen LogP contribution in [0.1, 0.15) is 32.8 Å². The Hall–Kier alpha value is -1.05. The third-order valence-corrected chi connectivity index (χ3v) is 5.20. The van der Waals surface area contributed by atoms with E-state index in [-0.39, 0.29) is 24.7 Å². The predicted octanol–water partition coefficient (Wildman–Crippen LogP) is 2.49. The quantitative estimate of drug-likeness (QED) is 0.840. The van der Waals surface area contributed by atoms with E-state index in [4.69, 9.17) is 0 Å². The largest absolute Gasteiger partial charge is 0.315 e. The van der Waals surface area contributed by atoms with E-state index in [9.17, 15) is 17.2 Å². The van der Waals surface area contributed by atoms with E-state index in [1.54, 1.807) is 13.8 Å². The fraction of sp³-hybridized carbons (Fsp3) is 0.571. The van der Waals surface area contributed by atoms with E-state index >= 15 is 0 Å². The molecule has 0 aliphatic heterocycles. The molecular formula is C14H22F2N2O2S. The molecule has 0 unspecified atom stereocenters. The first kappa shape index (κ1) is 18.0. The van der Waals surface area contributed by atoms with Crippen LogP contribution in [0.2, 0.25) is 0 Å². The van der Waals surface area contributed by atoms with Gasteiger partial charge in [-0.25, -0.2) is 17.2 Å². The number of benzene rings is 1. The molecule has 0 saturated heterocycles. The number of halogens is 2. The third-order valence-electron chi connectivity index (χ3n) is 3.11. The van der Waals surface area contributed by atoms with Crippen molar-refractivity contribution in [2.75, 3.05) is 13.6 Å². The van der Waals surface area contributed by atoms with Crippen LogP contribution in [0, 0.1) is 11.6 Å². The summed E-state index contributed by atoms with van der Waals surface area (Å²) in [6.45, 7) is 5.51. The van der Waals surface area contributed by atoms with Crippen LogP contribution in [0.4, 0.5) is 8.78 Å². The maximum Gasteiger partial charge on any atom is 0.246 e. The topological polar surface area (TPSA) is 49.4 Å². The van der Waals surface area contributed by atoms with Crippen molar-refractivity contribution in [1.82, 2.24) is 9.62 Å². The molecule has 1 aromatic rings. The summed E-state index contributed by atoms with van der Waals surface area (Å²) < 4.78 is 54.4. The van der Waals surface area contributed by atoms with Gasteiger partial charge in [0.1, 0.15) is 10.7 Å². The Labute approximate surface area is 125 Å². The maximum absolute atomic E-state index is 14.4. The number of nitrogens with zero attached hydrogens (tertiary/aromatic N) is 1. The average Bonchev–Trinajstić information content (AvgIpc) is 2.39. The van der Waals surface area contributed by atoms with E-state index in [1.165, 1.54) is 11.4 Å². The van der Waals surface area contributed by atoms with Gasteiger partial charge in [-0.3, -0.25) is 0 Å². The van der Waals surface area contributed by atoms with Crippen LogP contribution < -0.4 is 5.32 Å². The first-order valence-electron chi connectivity index (χ1n) is 6.90. The molecule has 1 N–H and O–H groups in total. The van der Waals surface area contributed by atoms with Gasteiger partial charge >= 0.3 is 0 Å². The van der Waals surface area contributed by atoms with Gasteiger partial charge in [0.15, 0.2) is 5.82 Å². The molecule has 0 amide bonds. The Balaban J connectivity index is 3.41. The molecule has 1 rings (SSSR count). The molecule has 1 aromatic carbocycles. The number of rotatable bonds is 7. The molecule has 0 radical (unpaired) electrons. The average molecular weight is 320 g/mol. The molecule has 0 atom stereocenters. The van der Waals surface area contributed by atoms with Gasteiger partial charge in [0.05, 0.1) is 0 Å². The van der Waals surface area contributed by atoms with Gasteiger partial charge in [0.2, 0.25) is 10.0 Å². The first-order chi connectivity index (χ1) is 9.77. The van der Waals surface area contributed by atoms with Crippen LogP contribution in [-0.2, 0) is 16.6 Å². The van der Waals surface area contributed by atoms with E-state index in [2.05, 4.69) is 5.32 Å². The Morgan fingerprint density at radius 1 is 1.29 bits per heavy atom. The highest BCUT2D eigenvalue weighted by atomic mass is 32.2. The second kappa shape index (κ2) is 7.29. The monoisotopic (exact) mass is 320 g/mol. The number of hydrogen-bond donors (Lipinski definition) is 1. The van der Waals surface area contributed by atoms with Crippen molar-refractivity contribution in [3.63, 3.8) is 0 Å². The summed E-state index contributed by atoms with van der Waals surface area (Å²) in [5.41, 5.74) is -0.265. The number of sulfonamides is 1. The van der Waals surface area contributed by atoms with Gasteiger partial charge in [-0.2, -0.15) is 4.31 Å². The second-order valence-corrected chi connectivity index (χ2v) is 6.94. The van der Waals surface area contributed by atoms with Crippen molar-refractivity contribution in [2.24, 2.45) is 0 Å². The molecule has 0 aliphatic rings. The zero-order valence-electron chi connectivity index (χ0n) is 12.8. The summed E-state index contributed by atoms with van der Waals surface area (Å²) >= 11 is 0. The molecule has 120 valence electrons. The molecule has 4 nitrogen and oxygen atoms in total. The minimum absolute atomic E-state index is 0.0729. The normalized spacial score (nSPS) is 12.4. The minimum Gasteiger partial charge on any atom is -0.315 e. The van der Waals surface area contributed by atoms with Gasteiger partial charge < -0.3 is 5.32 Å². The third kappa shape index (κ3) is 3.78. The van der Waals surface area contributed by atoms with Crippen molar-refractivity contribution in [2.45, 2.75) is 44.7 Å². The zero-order chi connectivity index (χ0) is 16.2. The summed E-state index contributed by atoms with van der Waals surface area (Å²) in [4.78, 5) is -0.476. The lowest BCUT2D eigenvalue weighted by molar-refractivity contribution is 0.351. The molecule has 0 aliphatic carbocycles. The predicted molar refractivity (Wildman–Crippen MR) is 78.4 cm³/mol. The highest BCUT2D eigenvalue weighted by molar-refractivity contribution is 7.89. The van der Waals surface area contributed by atoms with Crippen molar-refractivity contribution in [3.8, 4) is 0 Å². The fourth-order valence-electron chi connectivity index (χ4n) is 2.12. The SMILES string of the molecule is CCCN(C(C)C)S(=O)(=O)c1ccc(F)c(CNC)c1F. The molecule has 21 heavy (non-hydrogen) atoms. The van der Waals surface area contributed by atoms with Crippen LogP contribution in [0.3, 0.4) is 0 Å². The van der Waals surface area contributed by atoms with Crippen LogP contribution in [0.15, 0.2) is 17.0 Å². The Morgan fingerprint density at radius 3 is 2.38 bits per heavy atom. The van der Waals surface area contributed by atoms with E-state index in [0.29, 0.717) is 6.42 Å². The summed E-state index contributed by atoms with van der Waals surface area (Å²) in [5.74, 6) is -1.78. The molecule has 7 heteroatoms. The standard InChI is InChI=1S/C14H22F2N2O2S/c1-5-8-18(10(2)3)21(19,20)13-7-6-12(15)11(9-17-4)14(13)16/h6-7,10,17H,5,8-9H2,1-4H3. The Kier molecular flexibility index (Phi) is 6.24. The van der Waals surface area contributed by atoms with Gasteiger partial charge in [0.25, 0.3) is 0 Å². The minimum atomic E-state index is -3.99. The van der Waals surface area contributed by atoms with E-state index in [1.807, 2.05) is 6.92 Å². The first-order valence-corrected chi connectivity index (χ1v) is 8.34. The van der Waals surface area contributed by atoms with Crippen LogP contribution in [0.25, 0.3) is 0 Å². The van der Waals surface area contributed by atoms with Gasteiger partial charge in [-0.15, -0.1) is 0 Å². The summed E-state index contributed by atoms with van der Waals surface area (Å²) in [6, 6.07) is 1.68. The van der Waals surface area contributed by atoms with Crippen molar-refractivity contribution in [1.29, 1.82) is 0 Å². The van der Waals surface area contributed by atoms with Gasteiger partial charge in [0, 0.05) is 24.7 Å². The Morgan fingerprint density at radius 2 is 1.90 bits per heavy atom. The summed E-state index contributed by atoms with van der Waals surface area (Å²) in [5, 5.41) is 2.63. The molecule has 0 aromatic heterocycles. The zero-order valence-corrected chi connectivity index (χ0v) is 13.6. The summed E-state index contributed by atoms with van der Waals surface area (Å²) in [6.07, 6.45) is 0.615. The maximum atomic E-state index is 14.4. The highest BCUT2D eigenvalue weighted by Crippen LogP contribution is 2.25. The molecule has 0 spiro atoms. The van der Waals surface area contributed by atoms with E-state index in [0.717, 1.165) is 12.1 Å². The van der Waals surface area contributed by atoms with Gasteiger partial charge in [-0.05, 0) is 39.4 Å². The smallest absolute Gasteiger partial charge is 0.246 e. The van der Waals surface area contributed by atoms with Crippen molar-refractivity contribution >= 4 is 10.0 Å². The van der Waals surface area contributed by atoms with Crippen LogP contribution >= 0.6 is 0 Å². The van der Waals surface area contributed by atoms with Gasteiger partial charge in [-0.1, -0.05) is 6.92 Å². The lowest BCUT2D eigenvalue weighted by Crippen LogP contribution is -2.38.